The number of hydrogen-bond acceptors (Lipinski definition) is 6. The molecule has 0 aliphatic carbocycles. The van der Waals surface area contributed by atoms with Crippen molar-refractivity contribution >= 4 is 34.8 Å². The van der Waals surface area contributed by atoms with Gasteiger partial charge in [0.25, 0.3) is 5.91 Å². The van der Waals surface area contributed by atoms with E-state index in [2.05, 4.69) is 20.7 Å². The summed E-state index contributed by atoms with van der Waals surface area (Å²) in [7, 11) is 0. The lowest BCUT2D eigenvalue weighted by molar-refractivity contribution is 0.101. The van der Waals surface area contributed by atoms with Gasteiger partial charge >= 0.3 is 0 Å². The van der Waals surface area contributed by atoms with E-state index in [4.69, 9.17) is 32.5 Å². The minimum Gasteiger partial charge on any atom is -0.470 e. The maximum atomic E-state index is 13.1. The average Bonchev–Trinajstić information content (AvgIpc) is 3.43. The Morgan fingerprint density at radius 1 is 1.23 bits per heavy atom. The Morgan fingerprint density at radius 2 is 2.03 bits per heavy atom. The molecule has 31 heavy (non-hydrogen) atoms. The van der Waals surface area contributed by atoms with E-state index in [0.717, 1.165) is 6.07 Å². The second-order valence-corrected chi connectivity index (χ2v) is 7.34. The lowest BCUT2D eigenvalue weighted by Gasteiger charge is -2.07. The van der Waals surface area contributed by atoms with Crippen LogP contribution in [0.1, 0.15) is 21.8 Å². The quantitative estimate of drug-likeness (QED) is 0.440. The summed E-state index contributed by atoms with van der Waals surface area (Å²) < 4.78 is 26.8. The van der Waals surface area contributed by atoms with Crippen LogP contribution in [-0.2, 0) is 13.3 Å². The number of rotatable bonds is 7. The van der Waals surface area contributed by atoms with E-state index in [1.165, 1.54) is 29.2 Å². The number of ether oxygens (including phenoxy) is 1. The Labute approximate surface area is 185 Å². The third-order valence-corrected chi connectivity index (χ3v) is 4.75. The predicted octanol–water partition coefficient (Wildman–Crippen LogP) is 4.16. The molecule has 12 heteroatoms. The molecule has 0 saturated carbocycles. The average molecular weight is 465 g/mol. The van der Waals surface area contributed by atoms with Crippen LogP contribution in [0.15, 0.2) is 47.5 Å². The van der Waals surface area contributed by atoms with Crippen LogP contribution in [0.4, 0.5) is 10.1 Å². The van der Waals surface area contributed by atoms with Crippen LogP contribution in [0, 0.1) is 12.7 Å². The predicted molar refractivity (Wildman–Crippen MR) is 110 cm³/mol. The van der Waals surface area contributed by atoms with Gasteiger partial charge in [-0.2, -0.15) is 10.2 Å². The van der Waals surface area contributed by atoms with Crippen molar-refractivity contribution in [2.45, 2.75) is 20.2 Å². The Kier molecular flexibility index (Phi) is 5.92. The maximum Gasteiger partial charge on any atom is 0.278 e. The van der Waals surface area contributed by atoms with E-state index in [1.807, 2.05) is 0 Å². The van der Waals surface area contributed by atoms with Crippen molar-refractivity contribution in [1.82, 2.24) is 24.7 Å². The van der Waals surface area contributed by atoms with E-state index < -0.39 is 11.7 Å². The highest BCUT2D eigenvalue weighted by atomic mass is 35.5. The van der Waals surface area contributed by atoms with Crippen molar-refractivity contribution in [2.75, 3.05) is 5.32 Å². The molecule has 0 atom stereocenters. The number of carbonyl (C=O) groups excluding carboxylic acids is 1. The van der Waals surface area contributed by atoms with Crippen LogP contribution in [0.25, 0.3) is 0 Å². The molecule has 3 heterocycles. The van der Waals surface area contributed by atoms with Crippen LogP contribution < -0.4 is 10.1 Å². The Hall–Kier alpha value is -3.37. The first kappa shape index (κ1) is 20.9. The Bertz CT molecular complexity index is 1240. The highest BCUT2D eigenvalue weighted by Crippen LogP contribution is 2.25. The topological polar surface area (TPSA) is 100 Å². The fraction of sp³-hybridized carbons (Fsp3) is 0.158. The number of amides is 1. The molecule has 0 spiro atoms. The van der Waals surface area contributed by atoms with E-state index in [1.54, 1.807) is 24.0 Å². The summed E-state index contributed by atoms with van der Waals surface area (Å²) in [6, 6.07) is 3.82. The minimum atomic E-state index is -0.466. The number of carbonyl (C=O) groups is 1. The number of halogens is 3. The first-order chi connectivity index (χ1) is 14.9. The summed E-state index contributed by atoms with van der Waals surface area (Å²) in [4.78, 5) is 12.7. The third kappa shape index (κ3) is 4.86. The molecule has 0 aliphatic heterocycles. The van der Waals surface area contributed by atoms with Gasteiger partial charge in [0.2, 0.25) is 0 Å². The summed E-state index contributed by atoms with van der Waals surface area (Å²) in [5.74, 6) is -0.116. The number of nitrogens with zero attached hydrogens (tertiary/aromatic N) is 5. The molecule has 0 unspecified atom stereocenters. The smallest absolute Gasteiger partial charge is 0.278 e. The molecule has 160 valence electrons. The number of benzene rings is 1. The van der Waals surface area contributed by atoms with Gasteiger partial charge in [-0.1, -0.05) is 28.4 Å². The fourth-order valence-electron chi connectivity index (χ4n) is 2.76. The normalized spacial score (nSPS) is 11.0. The number of anilines is 1. The second-order valence-electron chi connectivity index (χ2n) is 6.49. The van der Waals surface area contributed by atoms with Crippen molar-refractivity contribution in [3.05, 3.63) is 75.9 Å². The maximum absolute atomic E-state index is 13.1. The van der Waals surface area contributed by atoms with Crippen molar-refractivity contribution in [3.63, 3.8) is 0 Å². The first-order valence-corrected chi connectivity index (χ1v) is 9.69. The van der Waals surface area contributed by atoms with Crippen molar-refractivity contribution in [2.24, 2.45) is 0 Å². The van der Waals surface area contributed by atoms with Gasteiger partial charge in [0.1, 0.15) is 17.3 Å². The standard InChI is InChI=1S/C19H15Cl2FN6O3/c1-11-15(9-27-7-12(20)5-23-27)18(26-31-11)19(29)25-14-6-24-28(8-14)10-30-17-3-2-13(22)4-16(17)21/h2-8H,9-10H2,1H3,(H,25,29). The first-order valence-electron chi connectivity index (χ1n) is 8.94. The number of hydrogen-bond donors (Lipinski definition) is 1. The van der Waals surface area contributed by atoms with Crippen LogP contribution in [0.2, 0.25) is 10.0 Å². The van der Waals surface area contributed by atoms with Gasteiger partial charge in [0.15, 0.2) is 12.4 Å². The monoisotopic (exact) mass is 464 g/mol. The summed E-state index contributed by atoms with van der Waals surface area (Å²) in [6.07, 6.45) is 6.15. The highest BCUT2D eigenvalue weighted by Gasteiger charge is 2.21. The summed E-state index contributed by atoms with van der Waals surface area (Å²) in [6.45, 7) is 1.99. The third-order valence-electron chi connectivity index (χ3n) is 4.26. The molecule has 0 radical (unpaired) electrons. The highest BCUT2D eigenvalue weighted by molar-refractivity contribution is 6.32. The molecule has 0 saturated heterocycles. The minimum absolute atomic E-state index is 0.00952. The second kappa shape index (κ2) is 8.78. The zero-order valence-corrected chi connectivity index (χ0v) is 17.6. The zero-order chi connectivity index (χ0) is 22.0. The molecular weight excluding hydrogens is 450 g/mol. The number of nitrogens with one attached hydrogen (secondary N) is 1. The van der Waals surface area contributed by atoms with Crippen LogP contribution >= 0.6 is 23.2 Å². The van der Waals surface area contributed by atoms with Gasteiger partial charge in [0, 0.05) is 11.8 Å². The molecular formula is C19H15Cl2FN6O3. The summed E-state index contributed by atoms with van der Waals surface area (Å²) in [5, 5.41) is 15.4. The molecule has 3 aromatic heterocycles. The molecule has 4 rings (SSSR count). The SMILES string of the molecule is Cc1onc(C(=O)Nc2cnn(COc3ccc(F)cc3Cl)c2)c1Cn1cc(Cl)cn1. The Morgan fingerprint density at radius 3 is 2.77 bits per heavy atom. The van der Waals surface area contributed by atoms with E-state index in [0.29, 0.717) is 27.8 Å². The largest absolute Gasteiger partial charge is 0.470 e. The molecule has 1 aromatic carbocycles. The van der Waals surface area contributed by atoms with Gasteiger partial charge in [-0.25, -0.2) is 9.07 Å². The van der Waals surface area contributed by atoms with E-state index >= 15 is 0 Å². The lowest BCUT2D eigenvalue weighted by Crippen LogP contribution is -2.15. The van der Waals surface area contributed by atoms with Crippen LogP contribution in [0.5, 0.6) is 5.75 Å². The fourth-order valence-corrected chi connectivity index (χ4v) is 3.14. The molecule has 1 amide bonds. The van der Waals surface area contributed by atoms with Crippen molar-refractivity contribution < 1.29 is 18.4 Å². The summed E-state index contributed by atoms with van der Waals surface area (Å²) >= 11 is 11.8. The van der Waals surface area contributed by atoms with E-state index in [-0.39, 0.29) is 24.0 Å². The molecule has 1 N–H and O–H groups in total. The van der Waals surface area contributed by atoms with Crippen molar-refractivity contribution in [3.8, 4) is 5.75 Å². The molecule has 0 aliphatic rings. The molecule has 9 nitrogen and oxygen atoms in total. The molecule has 0 bridgehead atoms. The van der Waals surface area contributed by atoms with Gasteiger partial charge in [-0.3, -0.25) is 9.48 Å². The van der Waals surface area contributed by atoms with Gasteiger partial charge < -0.3 is 14.6 Å². The van der Waals surface area contributed by atoms with Gasteiger partial charge in [-0.05, 0) is 25.1 Å². The van der Waals surface area contributed by atoms with E-state index in [9.17, 15) is 9.18 Å². The molecule has 4 aromatic rings. The van der Waals surface area contributed by atoms with Crippen molar-refractivity contribution in [1.29, 1.82) is 0 Å². The number of aromatic nitrogens is 5. The summed E-state index contributed by atoms with van der Waals surface area (Å²) in [5.41, 5.74) is 1.14. The lowest BCUT2D eigenvalue weighted by atomic mass is 10.2. The van der Waals surface area contributed by atoms with Gasteiger partial charge in [-0.15, -0.1) is 0 Å². The Balaban J connectivity index is 1.41. The van der Waals surface area contributed by atoms with Crippen LogP contribution in [-0.4, -0.2) is 30.6 Å². The van der Waals surface area contributed by atoms with Gasteiger partial charge in [0.05, 0.1) is 40.9 Å². The number of aryl methyl sites for hydroxylation is 1. The zero-order valence-electron chi connectivity index (χ0n) is 16.1. The van der Waals surface area contributed by atoms with Crippen LogP contribution in [0.3, 0.4) is 0 Å². The molecule has 0 fully saturated rings.